The first-order valence-electron chi connectivity index (χ1n) is 10.3. The number of nitrogens with one attached hydrogen (secondary N) is 1. The van der Waals surface area contributed by atoms with Crippen LogP contribution in [0.3, 0.4) is 0 Å². The van der Waals surface area contributed by atoms with Gasteiger partial charge in [0.2, 0.25) is 0 Å². The second-order valence-electron chi connectivity index (χ2n) is 8.46. The molecule has 0 bridgehead atoms. The Labute approximate surface area is 165 Å². The van der Waals surface area contributed by atoms with Crippen LogP contribution in [-0.4, -0.2) is 47.1 Å². The van der Waals surface area contributed by atoms with Crippen LogP contribution < -0.4 is 5.32 Å². The highest BCUT2D eigenvalue weighted by atomic mass is 32.1. The van der Waals surface area contributed by atoms with Crippen LogP contribution in [0.25, 0.3) is 0 Å². The van der Waals surface area contributed by atoms with E-state index in [1.807, 2.05) is 0 Å². The maximum Gasteiger partial charge on any atom is 0.173 e. The third-order valence-electron chi connectivity index (χ3n) is 6.54. The zero-order chi connectivity index (χ0) is 18.7. The van der Waals surface area contributed by atoms with Crippen LogP contribution in [-0.2, 0) is 0 Å². The molecule has 4 heteroatoms. The largest absolute Gasteiger partial charge is 0.349 e. The summed E-state index contributed by atoms with van der Waals surface area (Å²) in [5.74, 6) is 0.846. The lowest BCUT2D eigenvalue weighted by molar-refractivity contribution is 0.0691. The molecule has 1 aliphatic carbocycles. The minimum absolute atomic E-state index is 0.709. The van der Waals surface area contributed by atoms with E-state index in [4.69, 9.17) is 12.2 Å². The maximum absolute atomic E-state index is 5.70. The fraction of sp³-hybridized carbons (Fsp3) is 0.682. The molecule has 0 aromatic heterocycles. The van der Waals surface area contributed by atoms with Crippen molar-refractivity contribution in [1.82, 2.24) is 9.80 Å². The number of nitrogens with zero attached hydrogens (tertiary/aromatic N) is 2. The highest BCUT2D eigenvalue weighted by molar-refractivity contribution is 7.80. The third kappa shape index (κ3) is 4.58. The number of likely N-dealkylation sites (tertiary alicyclic amines) is 1. The number of aryl methyl sites for hydroxylation is 2. The Hall–Kier alpha value is -1.13. The van der Waals surface area contributed by atoms with E-state index in [0.717, 1.165) is 35.8 Å². The summed E-state index contributed by atoms with van der Waals surface area (Å²) in [5, 5.41) is 4.34. The summed E-state index contributed by atoms with van der Waals surface area (Å²) in [6.07, 6.45) is 8.04. The number of hydrogen-bond acceptors (Lipinski definition) is 2. The molecule has 0 unspecified atom stereocenters. The van der Waals surface area contributed by atoms with Gasteiger partial charge in [-0.15, -0.1) is 0 Å². The Bertz CT molecular complexity index is 622. The summed E-state index contributed by atoms with van der Waals surface area (Å²) in [6, 6.07) is 7.98. The summed E-state index contributed by atoms with van der Waals surface area (Å²) in [6.45, 7) is 8.84. The van der Waals surface area contributed by atoms with Gasteiger partial charge in [0.15, 0.2) is 5.11 Å². The Morgan fingerprint density at radius 2 is 1.81 bits per heavy atom. The number of thiocarbonyl (C=S) groups is 1. The second kappa shape index (κ2) is 8.71. The van der Waals surface area contributed by atoms with Gasteiger partial charge in [0.25, 0.3) is 0 Å². The fourth-order valence-corrected chi connectivity index (χ4v) is 5.09. The molecule has 1 aromatic carbocycles. The topological polar surface area (TPSA) is 18.5 Å². The Morgan fingerprint density at radius 1 is 1.12 bits per heavy atom. The van der Waals surface area contributed by atoms with Crippen LogP contribution >= 0.6 is 12.2 Å². The number of anilines is 1. The molecule has 1 saturated heterocycles. The lowest BCUT2D eigenvalue weighted by Gasteiger charge is -2.44. The minimum Gasteiger partial charge on any atom is -0.349 e. The molecule has 1 aliphatic heterocycles. The first-order valence-corrected chi connectivity index (χ1v) is 10.7. The molecular formula is C22H35N3S. The molecule has 1 heterocycles. The maximum atomic E-state index is 5.70. The van der Waals surface area contributed by atoms with E-state index < -0.39 is 0 Å². The molecule has 2 atom stereocenters. The van der Waals surface area contributed by atoms with Crippen molar-refractivity contribution < 1.29 is 0 Å². The van der Waals surface area contributed by atoms with Crippen LogP contribution in [0.4, 0.5) is 5.69 Å². The van der Waals surface area contributed by atoms with Gasteiger partial charge in [0.05, 0.1) is 0 Å². The average molecular weight is 374 g/mol. The summed E-state index contributed by atoms with van der Waals surface area (Å²) in [7, 11) is 2.36. The highest BCUT2D eigenvalue weighted by Crippen LogP contribution is 2.30. The Morgan fingerprint density at radius 3 is 2.46 bits per heavy atom. The molecule has 2 aliphatic rings. The third-order valence-corrected chi connectivity index (χ3v) is 6.90. The van der Waals surface area contributed by atoms with Gasteiger partial charge in [0.1, 0.15) is 0 Å². The molecule has 3 nitrogen and oxygen atoms in total. The monoisotopic (exact) mass is 373 g/mol. The summed E-state index contributed by atoms with van der Waals surface area (Å²) in [4.78, 5) is 5.05. The molecule has 0 spiro atoms. The smallest absolute Gasteiger partial charge is 0.173 e. The van der Waals surface area contributed by atoms with E-state index in [9.17, 15) is 0 Å². The second-order valence-corrected chi connectivity index (χ2v) is 8.85. The van der Waals surface area contributed by atoms with Crippen LogP contribution in [0, 0.1) is 19.8 Å². The van der Waals surface area contributed by atoms with Gasteiger partial charge in [0, 0.05) is 30.9 Å². The fourth-order valence-electron chi connectivity index (χ4n) is 4.80. The Balaban J connectivity index is 1.52. The normalized spacial score (nSPS) is 24.7. The summed E-state index contributed by atoms with van der Waals surface area (Å²) < 4.78 is 0. The van der Waals surface area contributed by atoms with E-state index in [1.54, 1.807) is 0 Å². The molecule has 144 valence electrons. The molecule has 3 rings (SSSR count). The van der Waals surface area contributed by atoms with Crippen LogP contribution in [0.2, 0.25) is 0 Å². The lowest BCUT2D eigenvalue weighted by Crippen LogP contribution is -2.51. The van der Waals surface area contributed by atoms with E-state index in [-0.39, 0.29) is 0 Å². The van der Waals surface area contributed by atoms with Gasteiger partial charge in [-0.05, 0) is 76.3 Å². The zero-order valence-corrected chi connectivity index (χ0v) is 17.7. The number of hydrogen-bond donors (Lipinski definition) is 1. The summed E-state index contributed by atoms with van der Waals surface area (Å²) >= 11 is 5.70. The van der Waals surface area contributed by atoms with Gasteiger partial charge in [-0.25, -0.2) is 0 Å². The minimum atomic E-state index is 0.709. The van der Waals surface area contributed by atoms with E-state index in [0.29, 0.717) is 6.04 Å². The zero-order valence-electron chi connectivity index (χ0n) is 16.9. The van der Waals surface area contributed by atoms with Gasteiger partial charge in [-0.1, -0.05) is 37.5 Å². The van der Waals surface area contributed by atoms with Gasteiger partial charge >= 0.3 is 0 Å². The molecule has 2 fully saturated rings. The van der Waals surface area contributed by atoms with Crippen molar-refractivity contribution >= 4 is 23.0 Å². The van der Waals surface area contributed by atoms with E-state index in [2.05, 4.69) is 61.1 Å². The highest BCUT2D eigenvalue weighted by Gasteiger charge is 2.31. The van der Waals surface area contributed by atoms with Crippen LogP contribution in [0.5, 0.6) is 0 Å². The number of rotatable bonds is 3. The van der Waals surface area contributed by atoms with Gasteiger partial charge in [-0.3, -0.25) is 0 Å². The van der Waals surface area contributed by atoms with Crippen molar-refractivity contribution in [2.75, 3.05) is 25.5 Å². The van der Waals surface area contributed by atoms with Crippen molar-refractivity contribution in [2.24, 2.45) is 5.92 Å². The first-order chi connectivity index (χ1) is 12.5. The SMILES string of the molecule is Cc1ccc(NC(=S)N2CCC(N(C)[C@@H]3CCCC[C@@H]3C)CC2)c(C)c1. The quantitative estimate of drug-likeness (QED) is 0.753. The lowest BCUT2D eigenvalue weighted by atomic mass is 9.84. The van der Waals surface area contributed by atoms with Crippen molar-refractivity contribution in [3.05, 3.63) is 29.3 Å². The van der Waals surface area contributed by atoms with E-state index in [1.165, 1.54) is 49.7 Å². The molecule has 0 amide bonds. The van der Waals surface area contributed by atoms with Crippen molar-refractivity contribution in [3.63, 3.8) is 0 Å². The number of benzene rings is 1. The van der Waals surface area contributed by atoms with E-state index >= 15 is 0 Å². The van der Waals surface area contributed by atoms with Crippen LogP contribution in [0.1, 0.15) is 56.6 Å². The van der Waals surface area contributed by atoms with Crippen molar-refractivity contribution in [1.29, 1.82) is 0 Å². The van der Waals surface area contributed by atoms with Crippen molar-refractivity contribution in [2.45, 2.75) is 71.4 Å². The first kappa shape index (κ1) is 19.6. The van der Waals surface area contributed by atoms with Gasteiger partial charge < -0.3 is 15.1 Å². The standard InChI is InChI=1S/C22H35N3S/c1-16-9-10-20(18(3)15-16)23-22(26)25-13-11-19(12-14-25)24(4)21-8-6-5-7-17(21)2/h9-10,15,17,19,21H,5-8,11-14H2,1-4H3,(H,23,26)/t17-,21+/m0/s1. The Kier molecular flexibility index (Phi) is 6.57. The van der Waals surface area contributed by atoms with Crippen LogP contribution in [0.15, 0.2) is 18.2 Å². The predicted octanol–water partition coefficient (Wildman–Crippen LogP) is 4.98. The average Bonchev–Trinajstić information content (AvgIpc) is 2.64. The number of piperidine rings is 1. The molecule has 1 aromatic rings. The molecule has 26 heavy (non-hydrogen) atoms. The molecule has 0 radical (unpaired) electrons. The van der Waals surface area contributed by atoms with Crippen molar-refractivity contribution in [3.8, 4) is 0 Å². The molecule has 1 N–H and O–H groups in total. The molecule has 1 saturated carbocycles. The molecular weight excluding hydrogens is 338 g/mol. The predicted molar refractivity (Wildman–Crippen MR) is 116 cm³/mol. The summed E-state index contributed by atoms with van der Waals surface area (Å²) in [5.41, 5.74) is 3.68. The van der Waals surface area contributed by atoms with Gasteiger partial charge in [-0.2, -0.15) is 0 Å².